The normalized spacial score (nSPS) is 15.1. The van der Waals surface area contributed by atoms with Gasteiger partial charge in [0.05, 0.1) is 17.3 Å². The van der Waals surface area contributed by atoms with Crippen LogP contribution in [0.15, 0.2) is 62.6 Å². The Morgan fingerprint density at radius 2 is 1.73 bits per heavy atom. The van der Waals surface area contributed by atoms with Gasteiger partial charge in [0, 0.05) is 24.5 Å². The number of aromatic nitrogens is 3. The highest BCUT2D eigenvalue weighted by molar-refractivity contribution is 5.86. The maximum atomic E-state index is 12.8. The van der Waals surface area contributed by atoms with Crippen molar-refractivity contribution >= 4 is 27.8 Å². The molecule has 1 saturated heterocycles. The van der Waals surface area contributed by atoms with Crippen LogP contribution in [0.4, 0.5) is 0 Å². The molecule has 0 saturated carbocycles. The Kier molecular flexibility index (Phi) is 4.46. The lowest BCUT2D eigenvalue weighted by Gasteiger charge is -2.32. The van der Waals surface area contributed by atoms with Crippen LogP contribution in [0.3, 0.4) is 0 Å². The van der Waals surface area contributed by atoms with Gasteiger partial charge >= 0.3 is 5.69 Å². The lowest BCUT2D eigenvalue weighted by molar-refractivity contribution is -0.131. The van der Waals surface area contributed by atoms with Crippen LogP contribution < -0.4 is 11.2 Å². The van der Waals surface area contributed by atoms with Crippen LogP contribution in [-0.4, -0.2) is 38.6 Å². The van der Waals surface area contributed by atoms with Crippen LogP contribution in [0, 0.1) is 0 Å². The van der Waals surface area contributed by atoms with Crippen molar-refractivity contribution < 1.29 is 9.32 Å². The molecule has 2 aromatic heterocycles. The van der Waals surface area contributed by atoms with Crippen molar-refractivity contribution in [3.05, 3.63) is 75.1 Å². The number of benzene rings is 2. The first kappa shape index (κ1) is 18.4. The number of para-hydroxylation sites is 2. The molecule has 1 amide bonds. The molecule has 0 radical (unpaired) electrons. The fraction of sp³-hybridized carbons (Fsp3) is 0.273. The third-order valence-corrected chi connectivity index (χ3v) is 5.79. The third-order valence-electron chi connectivity index (χ3n) is 5.79. The highest BCUT2D eigenvalue weighted by Crippen LogP contribution is 2.23. The standard InChI is InChI=1S/C22H20N4O4/c27-20(13-18-15-5-2-4-8-19(15)30-24-18)25-11-9-14(10-12-25)26-21(28)16-6-1-3-7-17(16)23-22(26)29/h1-8,14H,9-13H2,(H,23,29). The molecule has 5 rings (SSSR count). The zero-order chi connectivity index (χ0) is 20.7. The summed E-state index contributed by atoms with van der Waals surface area (Å²) in [5.41, 5.74) is 1.13. The van der Waals surface area contributed by atoms with Gasteiger partial charge in [0.1, 0.15) is 5.69 Å². The summed E-state index contributed by atoms with van der Waals surface area (Å²) < 4.78 is 6.58. The molecule has 152 valence electrons. The summed E-state index contributed by atoms with van der Waals surface area (Å²) in [5, 5.41) is 5.37. The van der Waals surface area contributed by atoms with Gasteiger partial charge < -0.3 is 14.4 Å². The molecule has 0 spiro atoms. The van der Waals surface area contributed by atoms with E-state index in [0.29, 0.717) is 48.1 Å². The summed E-state index contributed by atoms with van der Waals surface area (Å²) in [6.45, 7) is 0.968. The molecule has 1 fully saturated rings. The van der Waals surface area contributed by atoms with Crippen molar-refractivity contribution in [1.29, 1.82) is 0 Å². The molecule has 30 heavy (non-hydrogen) atoms. The van der Waals surface area contributed by atoms with E-state index in [4.69, 9.17) is 4.52 Å². The molecular weight excluding hydrogens is 384 g/mol. The summed E-state index contributed by atoms with van der Waals surface area (Å²) >= 11 is 0. The van der Waals surface area contributed by atoms with Gasteiger partial charge in [0.25, 0.3) is 5.56 Å². The summed E-state index contributed by atoms with van der Waals surface area (Å²) in [7, 11) is 0. The maximum absolute atomic E-state index is 12.8. The summed E-state index contributed by atoms with van der Waals surface area (Å²) in [6, 6.07) is 14.2. The van der Waals surface area contributed by atoms with Gasteiger partial charge in [0.15, 0.2) is 5.58 Å². The molecular formula is C22H20N4O4. The number of rotatable bonds is 3. The minimum Gasteiger partial charge on any atom is -0.356 e. The fourth-order valence-corrected chi connectivity index (χ4v) is 4.20. The maximum Gasteiger partial charge on any atom is 0.329 e. The van der Waals surface area contributed by atoms with E-state index >= 15 is 0 Å². The van der Waals surface area contributed by atoms with E-state index in [1.165, 1.54) is 4.57 Å². The van der Waals surface area contributed by atoms with Crippen LogP contribution in [0.1, 0.15) is 24.6 Å². The molecule has 8 nitrogen and oxygen atoms in total. The third kappa shape index (κ3) is 3.10. The van der Waals surface area contributed by atoms with Gasteiger partial charge in [-0.3, -0.25) is 14.2 Å². The number of nitrogens with zero attached hydrogens (tertiary/aromatic N) is 3. The smallest absolute Gasteiger partial charge is 0.329 e. The topological polar surface area (TPSA) is 101 Å². The van der Waals surface area contributed by atoms with Gasteiger partial charge in [-0.25, -0.2) is 4.79 Å². The van der Waals surface area contributed by atoms with Crippen LogP contribution in [-0.2, 0) is 11.2 Å². The molecule has 2 aromatic carbocycles. The molecule has 8 heteroatoms. The second-order valence-corrected chi connectivity index (χ2v) is 7.57. The SMILES string of the molecule is O=C(Cc1noc2ccccc12)N1CCC(n2c(=O)[nH]c3ccccc3c2=O)CC1. The molecule has 3 heterocycles. The highest BCUT2D eigenvalue weighted by Gasteiger charge is 2.27. The Morgan fingerprint density at radius 1 is 1.03 bits per heavy atom. The fourth-order valence-electron chi connectivity index (χ4n) is 4.20. The van der Waals surface area contributed by atoms with Gasteiger partial charge in [-0.1, -0.05) is 29.4 Å². The van der Waals surface area contributed by atoms with Crippen LogP contribution in [0.2, 0.25) is 0 Å². The molecule has 0 aliphatic carbocycles. The van der Waals surface area contributed by atoms with Crippen LogP contribution >= 0.6 is 0 Å². The summed E-state index contributed by atoms with van der Waals surface area (Å²) in [5.74, 6) is -0.0349. The number of hydrogen-bond acceptors (Lipinski definition) is 5. The number of piperidine rings is 1. The minimum absolute atomic E-state index is 0.0349. The van der Waals surface area contributed by atoms with Crippen molar-refractivity contribution in [3.8, 4) is 0 Å². The molecule has 4 aromatic rings. The quantitative estimate of drug-likeness (QED) is 0.564. The first-order chi connectivity index (χ1) is 14.6. The number of carbonyl (C=O) groups is 1. The minimum atomic E-state index is -0.405. The number of carbonyl (C=O) groups excluding carboxylic acids is 1. The van der Waals surface area contributed by atoms with Crippen molar-refractivity contribution in [2.45, 2.75) is 25.3 Å². The van der Waals surface area contributed by atoms with Gasteiger partial charge in [-0.05, 0) is 37.1 Å². The molecule has 1 aliphatic heterocycles. The zero-order valence-electron chi connectivity index (χ0n) is 16.2. The number of hydrogen-bond donors (Lipinski definition) is 1. The Hall–Kier alpha value is -3.68. The Labute approximate surface area is 170 Å². The predicted molar refractivity (Wildman–Crippen MR) is 111 cm³/mol. The number of nitrogens with one attached hydrogen (secondary N) is 1. The lowest BCUT2D eigenvalue weighted by Crippen LogP contribution is -2.45. The lowest BCUT2D eigenvalue weighted by atomic mass is 10.0. The monoisotopic (exact) mass is 404 g/mol. The average molecular weight is 404 g/mol. The molecule has 0 atom stereocenters. The Morgan fingerprint density at radius 3 is 2.53 bits per heavy atom. The van der Waals surface area contributed by atoms with Crippen molar-refractivity contribution in [3.63, 3.8) is 0 Å². The van der Waals surface area contributed by atoms with Gasteiger partial charge in [-0.15, -0.1) is 0 Å². The van der Waals surface area contributed by atoms with E-state index in [-0.39, 0.29) is 23.9 Å². The van der Waals surface area contributed by atoms with Crippen molar-refractivity contribution in [2.75, 3.05) is 13.1 Å². The highest BCUT2D eigenvalue weighted by atomic mass is 16.5. The van der Waals surface area contributed by atoms with Crippen molar-refractivity contribution in [2.24, 2.45) is 0 Å². The van der Waals surface area contributed by atoms with Crippen LogP contribution in [0.25, 0.3) is 21.9 Å². The second kappa shape index (κ2) is 7.29. The number of likely N-dealkylation sites (tertiary alicyclic amines) is 1. The molecule has 1 aliphatic rings. The second-order valence-electron chi connectivity index (χ2n) is 7.57. The number of H-pyrrole nitrogens is 1. The molecule has 0 bridgehead atoms. The van der Waals surface area contributed by atoms with E-state index in [9.17, 15) is 14.4 Å². The Bertz CT molecular complexity index is 1360. The number of amides is 1. The van der Waals surface area contributed by atoms with E-state index in [1.807, 2.05) is 24.3 Å². The van der Waals surface area contributed by atoms with Gasteiger partial charge in [0.2, 0.25) is 5.91 Å². The molecule has 0 unspecified atom stereocenters. The number of aromatic amines is 1. The predicted octanol–water partition coefficient (Wildman–Crippen LogP) is 2.24. The van der Waals surface area contributed by atoms with Crippen LogP contribution in [0.5, 0.6) is 0 Å². The molecule has 1 N–H and O–H groups in total. The van der Waals surface area contributed by atoms with E-state index < -0.39 is 5.69 Å². The average Bonchev–Trinajstić information content (AvgIpc) is 3.17. The van der Waals surface area contributed by atoms with E-state index in [1.54, 1.807) is 29.2 Å². The largest absolute Gasteiger partial charge is 0.356 e. The Balaban J connectivity index is 1.32. The summed E-state index contributed by atoms with van der Waals surface area (Å²) in [4.78, 5) is 42.7. The first-order valence-corrected chi connectivity index (χ1v) is 9.96. The van der Waals surface area contributed by atoms with Gasteiger partial charge in [-0.2, -0.15) is 0 Å². The number of fused-ring (bicyclic) bond motifs is 2. The summed E-state index contributed by atoms with van der Waals surface area (Å²) in [6.07, 6.45) is 1.26. The van der Waals surface area contributed by atoms with E-state index in [0.717, 1.165) is 5.39 Å². The zero-order valence-corrected chi connectivity index (χ0v) is 16.2. The van der Waals surface area contributed by atoms with E-state index in [2.05, 4.69) is 10.1 Å². The van der Waals surface area contributed by atoms with Crippen molar-refractivity contribution in [1.82, 2.24) is 19.6 Å². The first-order valence-electron chi connectivity index (χ1n) is 9.96.